The van der Waals surface area contributed by atoms with E-state index in [-0.39, 0.29) is 12.1 Å². The number of hydrogen-bond acceptors (Lipinski definition) is 4. The molecule has 1 rings (SSSR count). The molecule has 1 aromatic rings. The van der Waals surface area contributed by atoms with Crippen molar-refractivity contribution in [3.63, 3.8) is 0 Å². The van der Waals surface area contributed by atoms with Gasteiger partial charge in [-0.25, -0.2) is 8.42 Å². The molecular formula is C14H24N2O2S2. The third-order valence-corrected chi connectivity index (χ3v) is 6.03. The average Bonchev–Trinajstić information content (AvgIpc) is 2.43. The number of hydrogen-bond donors (Lipinski definition) is 1. The molecule has 0 saturated carbocycles. The lowest BCUT2D eigenvalue weighted by molar-refractivity contribution is 0.382. The monoisotopic (exact) mass is 316 g/mol. The van der Waals surface area contributed by atoms with Gasteiger partial charge in [-0.3, -0.25) is 0 Å². The van der Waals surface area contributed by atoms with E-state index in [2.05, 4.69) is 0 Å². The first-order valence-electron chi connectivity index (χ1n) is 6.63. The minimum absolute atomic E-state index is 0.0218. The van der Waals surface area contributed by atoms with E-state index >= 15 is 0 Å². The Morgan fingerprint density at radius 2 is 2.00 bits per heavy atom. The quantitative estimate of drug-likeness (QED) is 0.839. The molecule has 0 spiro atoms. The second-order valence-corrected chi connectivity index (χ2v) is 8.00. The zero-order chi connectivity index (χ0) is 15.3. The molecular weight excluding hydrogens is 292 g/mol. The molecule has 0 bridgehead atoms. The molecule has 0 aliphatic rings. The van der Waals surface area contributed by atoms with Gasteiger partial charge in [-0.15, -0.1) is 0 Å². The molecule has 0 aliphatic heterocycles. The van der Waals surface area contributed by atoms with Crippen LogP contribution in [0, 0.1) is 0 Å². The summed E-state index contributed by atoms with van der Waals surface area (Å²) in [5.74, 6) is 0.945. The normalized spacial score (nSPS) is 15.3. The van der Waals surface area contributed by atoms with Crippen molar-refractivity contribution in [3.05, 3.63) is 29.8 Å². The molecule has 4 nitrogen and oxygen atoms in total. The summed E-state index contributed by atoms with van der Waals surface area (Å²) in [6.07, 6.45) is 2.86. The number of nitrogens with zero attached hydrogens (tertiary/aromatic N) is 1. The smallest absolute Gasteiger partial charge is 0.243 e. The summed E-state index contributed by atoms with van der Waals surface area (Å²) in [5.41, 5.74) is 6.65. The van der Waals surface area contributed by atoms with E-state index in [1.54, 1.807) is 37.0 Å². The lowest BCUT2D eigenvalue weighted by Crippen LogP contribution is -2.35. The molecule has 2 unspecified atom stereocenters. The van der Waals surface area contributed by atoms with E-state index in [4.69, 9.17) is 5.73 Å². The van der Waals surface area contributed by atoms with Crippen LogP contribution in [0.5, 0.6) is 0 Å². The van der Waals surface area contributed by atoms with Gasteiger partial charge in [0.2, 0.25) is 10.0 Å². The van der Waals surface area contributed by atoms with Crippen LogP contribution >= 0.6 is 11.8 Å². The Kier molecular flexibility index (Phi) is 6.51. The Morgan fingerprint density at radius 1 is 1.35 bits per heavy atom. The third kappa shape index (κ3) is 4.22. The first kappa shape index (κ1) is 17.5. The molecule has 0 radical (unpaired) electrons. The Hall–Kier alpha value is -0.560. The summed E-state index contributed by atoms with van der Waals surface area (Å²) in [6.45, 7) is 3.78. The maximum atomic E-state index is 12.6. The topological polar surface area (TPSA) is 63.4 Å². The summed E-state index contributed by atoms with van der Waals surface area (Å²) < 4.78 is 26.6. The van der Waals surface area contributed by atoms with Crippen LogP contribution in [0.15, 0.2) is 29.2 Å². The van der Waals surface area contributed by atoms with E-state index in [0.29, 0.717) is 4.90 Å². The molecule has 2 N–H and O–H groups in total. The third-order valence-electron chi connectivity index (χ3n) is 3.42. The fourth-order valence-electron chi connectivity index (χ4n) is 1.83. The fourth-order valence-corrected chi connectivity index (χ4v) is 3.86. The van der Waals surface area contributed by atoms with Crippen LogP contribution in [0.4, 0.5) is 0 Å². The summed E-state index contributed by atoms with van der Waals surface area (Å²) in [6, 6.07) is 6.68. The van der Waals surface area contributed by atoms with Crippen molar-refractivity contribution >= 4 is 21.8 Å². The Balaban J connectivity index is 3.00. The molecule has 0 aromatic heterocycles. The van der Waals surface area contributed by atoms with Crippen molar-refractivity contribution in [2.75, 3.05) is 19.1 Å². The van der Waals surface area contributed by atoms with Gasteiger partial charge in [-0.2, -0.15) is 16.1 Å². The van der Waals surface area contributed by atoms with Gasteiger partial charge in [0.05, 0.1) is 4.90 Å². The largest absolute Gasteiger partial charge is 0.324 e. The first-order valence-corrected chi connectivity index (χ1v) is 9.46. The van der Waals surface area contributed by atoms with Crippen molar-refractivity contribution in [3.8, 4) is 0 Å². The molecule has 114 valence electrons. The van der Waals surface area contributed by atoms with E-state index in [0.717, 1.165) is 17.7 Å². The summed E-state index contributed by atoms with van der Waals surface area (Å²) in [7, 11) is -1.82. The van der Waals surface area contributed by atoms with Crippen LogP contribution in [0.1, 0.15) is 31.9 Å². The predicted octanol–water partition coefficient (Wildman–Crippen LogP) is 2.47. The van der Waals surface area contributed by atoms with Crippen LogP contribution < -0.4 is 5.73 Å². The highest BCUT2D eigenvalue weighted by molar-refractivity contribution is 7.98. The second kappa shape index (κ2) is 7.45. The molecule has 6 heteroatoms. The van der Waals surface area contributed by atoms with E-state index in [1.165, 1.54) is 4.31 Å². The summed E-state index contributed by atoms with van der Waals surface area (Å²) in [5, 5.41) is 0. The predicted molar refractivity (Wildman–Crippen MR) is 86.5 cm³/mol. The minimum atomic E-state index is -3.46. The molecule has 1 aromatic carbocycles. The van der Waals surface area contributed by atoms with Gasteiger partial charge in [-0.05, 0) is 50.0 Å². The lowest BCUT2D eigenvalue weighted by Gasteiger charge is -2.24. The van der Waals surface area contributed by atoms with Gasteiger partial charge in [0.1, 0.15) is 0 Å². The summed E-state index contributed by atoms with van der Waals surface area (Å²) >= 11 is 1.72. The zero-order valence-electron chi connectivity index (χ0n) is 12.5. The SMILES string of the molecule is CSCCC(C)N(C)S(=O)(=O)c1cccc(C(C)N)c1. The number of nitrogens with two attached hydrogens (primary N) is 1. The highest BCUT2D eigenvalue weighted by atomic mass is 32.2. The van der Waals surface area contributed by atoms with Crippen molar-refractivity contribution in [1.82, 2.24) is 4.31 Å². The minimum Gasteiger partial charge on any atom is -0.324 e. The zero-order valence-corrected chi connectivity index (χ0v) is 14.2. The Labute approximate surface area is 126 Å². The second-order valence-electron chi connectivity index (χ2n) is 5.01. The molecule has 0 aliphatic carbocycles. The van der Waals surface area contributed by atoms with Crippen molar-refractivity contribution < 1.29 is 8.42 Å². The first-order chi connectivity index (χ1) is 9.30. The van der Waals surface area contributed by atoms with Crippen molar-refractivity contribution in [2.24, 2.45) is 5.73 Å². The number of thioether (sulfide) groups is 1. The van der Waals surface area contributed by atoms with Gasteiger partial charge < -0.3 is 5.73 Å². The molecule has 0 saturated heterocycles. The maximum Gasteiger partial charge on any atom is 0.243 e. The van der Waals surface area contributed by atoms with Gasteiger partial charge in [0.15, 0.2) is 0 Å². The number of rotatable bonds is 7. The van der Waals surface area contributed by atoms with E-state index in [9.17, 15) is 8.42 Å². The molecule has 2 atom stereocenters. The molecule has 0 fully saturated rings. The van der Waals surface area contributed by atoms with Crippen molar-refractivity contribution in [2.45, 2.75) is 37.2 Å². The fraction of sp³-hybridized carbons (Fsp3) is 0.571. The van der Waals surface area contributed by atoms with Crippen LogP contribution in [-0.4, -0.2) is 37.8 Å². The van der Waals surface area contributed by atoms with Gasteiger partial charge in [0, 0.05) is 19.1 Å². The van der Waals surface area contributed by atoms with Gasteiger partial charge in [0.25, 0.3) is 0 Å². The molecule has 0 heterocycles. The maximum absolute atomic E-state index is 12.6. The van der Waals surface area contributed by atoms with Crippen molar-refractivity contribution in [1.29, 1.82) is 0 Å². The highest BCUT2D eigenvalue weighted by Gasteiger charge is 2.25. The standard InChI is InChI=1S/C14H24N2O2S2/c1-11(8-9-19-4)16(3)20(17,18)14-7-5-6-13(10-14)12(2)15/h5-7,10-12H,8-9,15H2,1-4H3. The summed E-state index contributed by atoms with van der Waals surface area (Å²) in [4.78, 5) is 0.311. The van der Waals surface area contributed by atoms with Crippen LogP contribution in [0.3, 0.4) is 0 Å². The number of sulfonamides is 1. The molecule has 20 heavy (non-hydrogen) atoms. The van der Waals surface area contributed by atoms with Crippen LogP contribution in [0.25, 0.3) is 0 Å². The van der Waals surface area contributed by atoms with Gasteiger partial charge in [-0.1, -0.05) is 12.1 Å². The Bertz CT molecular complexity index is 530. The van der Waals surface area contributed by atoms with Crippen LogP contribution in [0.2, 0.25) is 0 Å². The number of benzene rings is 1. The van der Waals surface area contributed by atoms with E-state index in [1.807, 2.05) is 26.2 Å². The molecule has 0 amide bonds. The average molecular weight is 316 g/mol. The lowest BCUT2D eigenvalue weighted by atomic mass is 10.1. The van der Waals surface area contributed by atoms with E-state index < -0.39 is 10.0 Å². The Morgan fingerprint density at radius 3 is 2.55 bits per heavy atom. The van der Waals surface area contributed by atoms with Crippen LogP contribution in [-0.2, 0) is 10.0 Å². The highest BCUT2D eigenvalue weighted by Crippen LogP contribution is 2.21. The van der Waals surface area contributed by atoms with Gasteiger partial charge >= 0.3 is 0 Å².